The smallest absolute Gasteiger partial charge is 0.230 e. The number of aryl methyl sites for hydroxylation is 2. The molecule has 2 rings (SSSR count). The molecular formula is C17H23N3O2S. The Kier molecular flexibility index (Phi) is 6.24. The quantitative estimate of drug-likeness (QED) is 0.764. The van der Waals surface area contributed by atoms with Gasteiger partial charge in [0, 0.05) is 18.1 Å². The molecule has 0 saturated heterocycles. The van der Waals surface area contributed by atoms with Crippen molar-refractivity contribution in [2.45, 2.75) is 38.4 Å². The number of aromatic nitrogens is 2. The van der Waals surface area contributed by atoms with Gasteiger partial charge < -0.3 is 10.4 Å². The number of carbonyl (C=O) groups excluding carboxylic acids is 1. The van der Waals surface area contributed by atoms with Gasteiger partial charge in [-0.15, -0.1) is 0 Å². The summed E-state index contributed by atoms with van der Waals surface area (Å²) in [5.41, 5.74) is 3.43. The number of imidazole rings is 1. The third kappa shape index (κ3) is 4.84. The Morgan fingerprint density at radius 2 is 2.04 bits per heavy atom. The summed E-state index contributed by atoms with van der Waals surface area (Å²) >= 11 is 1.39. The molecule has 0 aliphatic carbocycles. The molecule has 0 bridgehead atoms. The lowest BCUT2D eigenvalue weighted by Gasteiger charge is -2.14. The highest BCUT2D eigenvalue weighted by Gasteiger charge is 2.12. The lowest BCUT2D eigenvalue weighted by molar-refractivity contribution is -0.119. The highest BCUT2D eigenvalue weighted by Crippen LogP contribution is 2.22. The number of aliphatic hydroxyl groups excluding tert-OH is 1. The molecule has 6 heteroatoms. The minimum absolute atomic E-state index is 0.0376. The SMILES string of the molecule is CCC(CO)NC(=O)CSc1nccn1-c1cc(C)cc(C)c1. The van der Waals surface area contributed by atoms with Crippen molar-refractivity contribution in [3.05, 3.63) is 41.7 Å². The van der Waals surface area contributed by atoms with Crippen molar-refractivity contribution in [2.75, 3.05) is 12.4 Å². The fourth-order valence-corrected chi connectivity index (χ4v) is 3.14. The first kappa shape index (κ1) is 17.6. The average molecular weight is 333 g/mol. The zero-order valence-corrected chi connectivity index (χ0v) is 14.6. The van der Waals surface area contributed by atoms with Gasteiger partial charge in [0.15, 0.2) is 5.16 Å². The number of thioether (sulfide) groups is 1. The minimum atomic E-state index is -0.178. The van der Waals surface area contributed by atoms with Crippen LogP contribution in [0.15, 0.2) is 35.7 Å². The molecule has 23 heavy (non-hydrogen) atoms. The van der Waals surface area contributed by atoms with E-state index in [2.05, 4.69) is 42.3 Å². The fraction of sp³-hybridized carbons (Fsp3) is 0.412. The molecule has 0 radical (unpaired) electrons. The maximum atomic E-state index is 11.9. The molecule has 1 unspecified atom stereocenters. The van der Waals surface area contributed by atoms with Crippen molar-refractivity contribution in [1.29, 1.82) is 0 Å². The van der Waals surface area contributed by atoms with Crippen LogP contribution >= 0.6 is 11.8 Å². The zero-order valence-electron chi connectivity index (χ0n) is 13.7. The Balaban J connectivity index is 2.05. The number of benzene rings is 1. The fourth-order valence-electron chi connectivity index (χ4n) is 2.36. The second-order valence-electron chi connectivity index (χ2n) is 5.57. The first-order chi connectivity index (χ1) is 11.0. The topological polar surface area (TPSA) is 67.2 Å². The van der Waals surface area contributed by atoms with Gasteiger partial charge in [-0.3, -0.25) is 9.36 Å². The van der Waals surface area contributed by atoms with E-state index in [-0.39, 0.29) is 24.3 Å². The molecule has 0 fully saturated rings. The van der Waals surface area contributed by atoms with Crippen LogP contribution in [-0.2, 0) is 4.79 Å². The Labute approximate surface area is 141 Å². The number of carbonyl (C=O) groups is 1. The molecular weight excluding hydrogens is 310 g/mol. The Morgan fingerprint density at radius 1 is 1.35 bits per heavy atom. The lowest BCUT2D eigenvalue weighted by Crippen LogP contribution is -2.38. The summed E-state index contributed by atoms with van der Waals surface area (Å²) in [6, 6.07) is 6.14. The second-order valence-corrected chi connectivity index (χ2v) is 6.51. The molecule has 1 aromatic heterocycles. The van der Waals surface area contributed by atoms with E-state index in [0.29, 0.717) is 6.42 Å². The molecule has 0 aliphatic rings. The Bertz CT molecular complexity index is 645. The number of amides is 1. The molecule has 0 saturated carbocycles. The van der Waals surface area contributed by atoms with Crippen LogP contribution in [0.3, 0.4) is 0 Å². The average Bonchev–Trinajstić information content (AvgIpc) is 2.98. The third-order valence-electron chi connectivity index (χ3n) is 3.50. The molecule has 0 spiro atoms. The van der Waals surface area contributed by atoms with Gasteiger partial charge in [0.05, 0.1) is 18.4 Å². The van der Waals surface area contributed by atoms with E-state index >= 15 is 0 Å². The molecule has 1 aromatic carbocycles. The van der Waals surface area contributed by atoms with E-state index in [1.807, 2.05) is 17.7 Å². The summed E-state index contributed by atoms with van der Waals surface area (Å²) in [5.74, 6) is 0.184. The summed E-state index contributed by atoms with van der Waals surface area (Å²) < 4.78 is 1.99. The molecule has 124 valence electrons. The van der Waals surface area contributed by atoms with Crippen LogP contribution in [0.1, 0.15) is 24.5 Å². The van der Waals surface area contributed by atoms with Crippen LogP contribution in [0.5, 0.6) is 0 Å². The summed E-state index contributed by atoms with van der Waals surface area (Å²) in [4.78, 5) is 16.3. The van der Waals surface area contributed by atoms with Gasteiger partial charge in [0.25, 0.3) is 0 Å². The second kappa shape index (κ2) is 8.17. The maximum absolute atomic E-state index is 11.9. The van der Waals surface area contributed by atoms with Crippen molar-refractivity contribution in [3.8, 4) is 5.69 Å². The van der Waals surface area contributed by atoms with E-state index in [1.54, 1.807) is 6.20 Å². The molecule has 1 atom stereocenters. The number of nitrogens with one attached hydrogen (secondary N) is 1. The van der Waals surface area contributed by atoms with Crippen LogP contribution in [0.4, 0.5) is 0 Å². The van der Waals surface area contributed by atoms with Crippen molar-refractivity contribution in [3.63, 3.8) is 0 Å². The van der Waals surface area contributed by atoms with E-state index < -0.39 is 0 Å². The normalized spacial score (nSPS) is 12.2. The molecule has 0 aliphatic heterocycles. The van der Waals surface area contributed by atoms with Crippen LogP contribution in [0, 0.1) is 13.8 Å². The van der Waals surface area contributed by atoms with Gasteiger partial charge in [-0.1, -0.05) is 24.8 Å². The van der Waals surface area contributed by atoms with Gasteiger partial charge in [-0.25, -0.2) is 4.98 Å². The van der Waals surface area contributed by atoms with Crippen LogP contribution < -0.4 is 5.32 Å². The molecule has 1 amide bonds. The zero-order chi connectivity index (χ0) is 16.8. The molecule has 2 N–H and O–H groups in total. The third-order valence-corrected chi connectivity index (χ3v) is 4.47. The van der Waals surface area contributed by atoms with Crippen molar-refractivity contribution >= 4 is 17.7 Å². The summed E-state index contributed by atoms with van der Waals surface area (Å²) in [6.07, 6.45) is 4.35. The first-order valence-electron chi connectivity index (χ1n) is 7.68. The maximum Gasteiger partial charge on any atom is 0.230 e. The van der Waals surface area contributed by atoms with Crippen LogP contribution in [0.25, 0.3) is 5.69 Å². The highest BCUT2D eigenvalue weighted by molar-refractivity contribution is 7.99. The van der Waals surface area contributed by atoms with E-state index in [4.69, 9.17) is 5.11 Å². The molecule has 1 heterocycles. The lowest BCUT2D eigenvalue weighted by atomic mass is 10.1. The monoisotopic (exact) mass is 333 g/mol. The number of rotatable bonds is 7. The van der Waals surface area contributed by atoms with Crippen molar-refractivity contribution in [1.82, 2.24) is 14.9 Å². The standard InChI is InChI=1S/C17H23N3O2S/c1-4-14(10-21)19-16(22)11-23-17-18-5-6-20(17)15-8-12(2)7-13(3)9-15/h5-9,14,21H,4,10-11H2,1-3H3,(H,19,22). The van der Waals surface area contributed by atoms with Crippen molar-refractivity contribution < 1.29 is 9.90 Å². The Morgan fingerprint density at radius 3 is 2.65 bits per heavy atom. The number of aliphatic hydroxyl groups is 1. The molecule has 5 nitrogen and oxygen atoms in total. The van der Waals surface area contributed by atoms with Gasteiger partial charge in [-0.05, 0) is 43.5 Å². The van der Waals surface area contributed by atoms with Crippen LogP contribution in [-0.4, -0.2) is 39.0 Å². The predicted octanol–water partition coefficient (Wildman–Crippen LogP) is 2.47. The number of nitrogens with zero attached hydrogens (tertiary/aromatic N) is 2. The largest absolute Gasteiger partial charge is 0.394 e. The minimum Gasteiger partial charge on any atom is -0.394 e. The Hall–Kier alpha value is -1.79. The van der Waals surface area contributed by atoms with Crippen LogP contribution in [0.2, 0.25) is 0 Å². The van der Waals surface area contributed by atoms with E-state index in [1.165, 1.54) is 22.9 Å². The number of hydrogen-bond acceptors (Lipinski definition) is 4. The first-order valence-corrected chi connectivity index (χ1v) is 8.67. The van der Waals surface area contributed by atoms with E-state index in [9.17, 15) is 4.79 Å². The van der Waals surface area contributed by atoms with Gasteiger partial charge in [0.1, 0.15) is 0 Å². The van der Waals surface area contributed by atoms with Crippen molar-refractivity contribution in [2.24, 2.45) is 0 Å². The van der Waals surface area contributed by atoms with E-state index in [0.717, 1.165) is 10.8 Å². The van der Waals surface area contributed by atoms with Gasteiger partial charge in [0.2, 0.25) is 5.91 Å². The molecule has 2 aromatic rings. The predicted molar refractivity (Wildman–Crippen MR) is 93.1 cm³/mol. The highest BCUT2D eigenvalue weighted by atomic mass is 32.2. The summed E-state index contributed by atoms with van der Waals surface area (Å²) in [5, 5.41) is 12.7. The van der Waals surface area contributed by atoms with Gasteiger partial charge in [-0.2, -0.15) is 0 Å². The summed E-state index contributed by atoms with van der Waals surface area (Å²) in [6.45, 7) is 6.02. The number of hydrogen-bond donors (Lipinski definition) is 2. The summed E-state index contributed by atoms with van der Waals surface area (Å²) in [7, 11) is 0. The van der Waals surface area contributed by atoms with Gasteiger partial charge >= 0.3 is 0 Å².